The predicted molar refractivity (Wildman–Crippen MR) is 48.7 cm³/mol. The minimum Gasteiger partial charge on any atom is -0.382 e. The molecule has 0 aliphatic heterocycles. The number of benzene rings is 1. The number of rotatable bonds is 2. The molecule has 0 aliphatic carbocycles. The fourth-order valence-electron chi connectivity index (χ4n) is 1.18. The number of aromatic nitrogens is 2. The fraction of sp³-hybridized carbons (Fsp3) is 0.111. The van der Waals surface area contributed by atoms with Crippen molar-refractivity contribution < 1.29 is 9.52 Å². The summed E-state index contributed by atoms with van der Waals surface area (Å²) in [5, 5.41) is 9.41. The molecule has 0 fully saturated rings. The van der Waals surface area contributed by atoms with E-state index in [2.05, 4.69) is 15.4 Å². The van der Waals surface area contributed by atoms with Crippen LogP contribution in [-0.2, 0) is 0 Å². The average Bonchev–Trinajstić information content (AvgIpc) is 2.65. The Morgan fingerprint density at radius 3 is 2.86 bits per heavy atom. The number of nitroso groups, excluding NO2 is 1. The van der Waals surface area contributed by atoms with Crippen molar-refractivity contribution >= 4 is 5.69 Å². The predicted octanol–water partition coefficient (Wildman–Crippen LogP) is 1.86. The second-order valence-corrected chi connectivity index (χ2v) is 2.78. The van der Waals surface area contributed by atoms with Crippen molar-refractivity contribution in [3.8, 4) is 11.5 Å². The van der Waals surface area contributed by atoms with Crippen molar-refractivity contribution in [2.75, 3.05) is 0 Å². The van der Waals surface area contributed by atoms with Crippen LogP contribution in [0.3, 0.4) is 0 Å². The molecule has 0 amide bonds. The zero-order valence-corrected chi connectivity index (χ0v) is 7.52. The summed E-state index contributed by atoms with van der Waals surface area (Å²) in [6.45, 7) is 1.72. The van der Waals surface area contributed by atoms with E-state index in [1.165, 1.54) is 0 Å². The molecule has 0 radical (unpaired) electrons. The summed E-state index contributed by atoms with van der Waals surface area (Å²) < 4.78 is 5.25. The first-order valence-corrected chi connectivity index (χ1v) is 4.09. The van der Waals surface area contributed by atoms with Gasteiger partial charge in [0.25, 0.3) is 5.89 Å². The van der Waals surface area contributed by atoms with Crippen molar-refractivity contribution in [1.29, 1.82) is 0 Å². The minimum atomic E-state index is 0.333. The van der Waals surface area contributed by atoms with E-state index in [4.69, 9.17) is 4.42 Å². The first-order valence-electron chi connectivity index (χ1n) is 4.09. The van der Waals surface area contributed by atoms with Crippen molar-refractivity contribution in [3.05, 3.63) is 35.1 Å². The Balaban J connectivity index is 2.55. The van der Waals surface area contributed by atoms with Crippen molar-refractivity contribution in [3.63, 3.8) is 0 Å². The van der Waals surface area contributed by atoms with Crippen molar-refractivity contribution in [2.24, 2.45) is 5.18 Å². The Hall–Kier alpha value is -2.04. The van der Waals surface area contributed by atoms with Gasteiger partial charge >= 0.3 is 5.89 Å². The van der Waals surface area contributed by atoms with Gasteiger partial charge < -0.3 is 4.42 Å². The smallest absolute Gasteiger partial charge is 0.382 e. The summed E-state index contributed by atoms with van der Waals surface area (Å²) in [6.07, 6.45) is 0. The molecule has 1 aromatic carbocycles. The molecule has 0 saturated carbocycles. The molecule has 70 valence electrons. The van der Waals surface area contributed by atoms with Gasteiger partial charge in [0.15, 0.2) is 0 Å². The summed E-state index contributed by atoms with van der Waals surface area (Å²) in [5.41, 5.74) is 0.947. The normalized spacial score (nSPS) is 10.1. The van der Waals surface area contributed by atoms with Gasteiger partial charge in [-0.1, -0.05) is 17.2 Å². The molecule has 0 atom stereocenters. The maximum Gasteiger partial charge on any atom is 0.408 e. The van der Waals surface area contributed by atoms with E-state index in [1.54, 1.807) is 31.2 Å². The van der Waals surface area contributed by atoms with Crippen LogP contribution in [0.4, 0.5) is 5.69 Å². The van der Waals surface area contributed by atoms with Crippen molar-refractivity contribution in [2.45, 2.75) is 6.92 Å². The second kappa shape index (κ2) is 3.37. The number of nitrogens with zero attached hydrogens (tertiary/aromatic N) is 2. The molecule has 5 heteroatoms. The molecule has 2 aromatic rings. The summed E-state index contributed by atoms with van der Waals surface area (Å²) >= 11 is 0. The zero-order valence-electron chi connectivity index (χ0n) is 7.52. The lowest BCUT2D eigenvalue weighted by molar-refractivity contribution is -0.442. The molecule has 0 unspecified atom stereocenters. The van der Waals surface area contributed by atoms with Gasteiger partial charge in [-0.15, -0.1) is 4.91 Å². The number of nitrogens with one attached hydrogen (secondary N) is 1. The Labute approximate surface area is 79.8 Å². The van der Waals surface area contributed by atoms with Crippen LogP contribution in [0, 0.1) is 11.8 Å². The average molecular weight is 190 g/mol. The largest absolute Gasteiger partial charge is 0.408 e. The van der Waals surface area contributed by atoms with Gasteiger partial charge in [0.2, 0.25) is 0 Å². The van der Waals surface area contributed by atoms with Crippen LogP contribution >= 0.6 is 0 Å². The molecular formula is C9H8N3O2+. The SMILES string of the molecule is Cc1n[nH+]c(-c2ccccc2N=O)o1. The van der Waals surface area contributed by atoms with Gasteiger partial charge in [-0.05, 0) is 17.3 Å². The third-order valence-corrected chi connectivity index (χ3v) is 1.81. The topological polar surface area (TPSA) is 69.6 Å². The third-order valence-electron chi connectivity index (χ3n) is 1.81. The quantitative estimate of drug-likeness (QED) is 0.678. The number of aryl methyl sites for hydroxylation is 1. The minimum absolute atomic E-state index is 0.333. The number of aromatic amines is 1. The highest BCUT2D eigenvalue weighted by Gasteiger charge is 2.16. The Bertz CT molecular complexity index is 465. The third kappa shape index (κ3) is 1.39. The van der Waals surface area contributed by atoms with Gasteiger partial charge in [0.1, 0.15) is 11.3 Å². The van der Waals surface area contributed by atoms with Gasteiger partial charge in [0, 0.05) is 12.0 Å². The molecule has 1 heterocycles. The van der Waals surface area contributed by atoms with Crippen LogP contribution in [0.15, 0.2) is 33.9 Å². The lowest BCUT2D eigenvalue weighted by atomic mass is 10.2. The van der Waals surface area contributed by atoms with E-state index in [1.807, 2.05) is 0 Å². The maximum atomic E-state index is 10.5. The van der Waals surface area contributed by atoms with Crippen molar-refractivity contribution in [1.82, 2.24) is 5.10 Å². The zero-order chi connectivity index (χ0) is 9.97. The number of hydrogen-bond donors (Lipinski definition) is 0. The molecular weight excluding hydrogens is 182 g/mol. The van der Waals surface area contributed by atoms with Gasteiger partial charge in [-0.3, -0.25) is 0 Å². The monoisotopic (exact) mass is 190 g/mol. The molecule has 14 heavy (non-hydrogen) atoms. The van der Waals surface area contributed by atoms with Gasteiger partial charge in [-0.2, -0.15) is 0 Å². The molecule has 2 rings (SSSR count). The van der Waals surface area contributed by atoms with E-state index in [0.717, 1.165) is 0 Å². The van der Waals surface area contributed by atoms with E-state index in [-0.39, 0.29) is 0 Å². The van der Waals surface area contributed by atoms with Gasteiger partial charge in [0.05, 0.1) is 0 Å². The molecule has 0 bridgehead atoms. The van der Waals surface area contributed by atoms with Crippen LogP contribution in [0.5, 0.6) is 0 Å². The molecule has 0 spiro atoms. The molecule has 1 N–H and O–H groups in total. The fourth-order valence-corrected chi connectivity index (χ4v) is 1.18. The van der Waals surface area contributed by atoms with Crippen LogP contribution in [0.25, 0.3) is 11.5 Å². The molecule has 1 aromatic heterocycles. The van der Waals surface area contributed by atoms with Gasteiger partial charge in [-0.25, -0.2) is 0 Å². The molecule has 5 nitrogen and oxygen atoms in total. The summed E-state index contributed by atoms with van der Waals surface area (Å²) in [5.74, 6) is 0.957. The Kier molecular flexibility index (Phi) is 2.06. The van der Waals surface area contributed by atoms with Crippen LogP contribution in [0.2, 0.25) is 0 Å². The first kappa shape index (κ1) is 8.55. The second-order valence-electron chi connectivity index (χ2n) is 2.78. The Morgan fingerprint density at radius 2 is 2.21 bits per heavy atom. The van der Waals surface area contributed by atoms with Crippen LogP contribution in [-0.4, -0.2) is 5.10 Å². The maximum absolute atomic E-state index is 10.5. The lowest BCUT2D eigenvalue weighted by Crippen LogP contribution is -2.04. The highest BCUT2D eigenvalue weighted by atomic mass is 16.4. The standard InChI is InChI=1S/C9H7N3O2/c1-6-10-11-9(14-6)7-4-2-3-5-8(7)12-13/h2-5H,1H3/p+1. The lowest BCUT2D eigenvalue weighted by Gasteiger charge is -1.91. The highest BCUT2D eigenvalue weighted by Crippen LogP contribution is 2.26. The Morgan fingerprint density at radius 1 is 1.43 bits per heavy atom. The molecule has 0 saturated heterocycles. The van der Waals surface area contributed by atoms with Crippen LogP contribution < -0.4 is 5.10 Å². The van der Waals surface area contributed by atoms with E-state index in [0.29, 0.717) is 23.0 Å². The molecule has 0 aliphatic rings. The first-order chi connectivity index (χ1) is 6.81. The summed E-state index contributed by atoms with van der Waals surface area (Å²) in [4.78, 5) is 10.5. The number of hydrogen-bond acceptors (Lipinski definition) is 4. The van der Waals surface area contributed by atoms with E-state index < -0.39 is 0 Å². The summed E-state index contributed by atoms with van der Waals surface area (Å²) in [7, 11) is 0. The highest BCUT2D eigenvalue weighted by molar-refractivity contribution is 5.67. The van der Waals surface area contributed by atoms with E-state index in [9.17, 15) is 4.91 Å². The van der Waals surface area contributed by atoms with Crippen LogP contribution in [0.1, 0.15) is 5.89 Å². The van der Waals surface area contributed by atoms with E-state index >= 15 is 0 Å². The summed E-state index contributed by atoms with van der Waals surface area (Å²) in [6, 6.07) is 6.90. The number of H-pyrrole nitrogens is 1.